The molecule has 3 aromatic rings. The molecule has 0 bridgehead atoms. The van der Waals surface area contributed by atoms with Gasteiger partial charge in [0.25, 0.3) is 0 Å². The van der Waals surface area contributed by atoms with Gasteiger partial charge in [0.1, 0.15) is 0 Å². The van der Waals surface area contributed by atoms with Crippen molar-refractivity contribution in [3.05, 3.63) is 71.4 Å². The molecule has 0 aliphatic carbocycles. The number of aromatic nitrogens is 1. The van der Waals surface area contributed by atoms with Crippen LogP contribution in [0, 0.1) is 6.92 Å². The summed E-state index contributed by atoms with van der Waals surface area (Å²) < 4.78 is 2.22. The third-order valence-electron chi connectivity index (χ3n) is 4.33. The van der Waals surface area contributed by atoms with E-state index >= 15 is 0 Å². The van der Waals surface area contributed by atoms with Gasteiger partial charge in [0.15, 0.2) is 5.78 Å². The van der Waals surface area contributed by atoms with Crippen LogP contribution in [0.2, 0.25) is 0 Å². The van der Waals surface area contributed by atoms with Gasteiger partial charge < -0.3 is 4.57 Å². The molecule has 112 valence electrons. The number of hydrogen-bond acceptors (Lipinski definition) is 1. The summed E-state index contributed by atoms with van der Waals surface area (Å²) in [5.74, 6) is 0.0990. The van der Waals surface area contributed by atoms with E-state index in [1.54, 1.807) is 0 Å². The van der Waals surface area contributed by atoms with Crippen LogP contribution in [0.25, 0.3) is 10.9 Å². The number of rotatable bonds is 4. The Hall–Kier alpha value is -2.35. The van der Waals surface area contributed by atoms with Crippen LogP contribution in [0.5, 0.6) is 0 Å². The molecule has 3 rings (SSSR count). The summed E-state index contributed by atoms with van der Waals surface area (Å²) in [7, 11) is 0. The lowest BCUT2D eigenvalue weighted by molar-refractivity contribution is 0.104. The average Bonchev–Trinajstić information content (AvgIpc) is 2.93. The van der Waals surface area contributed by atoms with Crippen molar-refractivity contribution >= 4 is 16.7 Å². The fourth-order valence-corrected chi connectivity index (χ4v) is 2.89. The second-order valence-electron chi connectivity index (χ2n) is 5.92. The van der Waals surface area contributed by atoms with Crippen LogP contribution in [0.15, 0.2) is 54.7 Å². The normalized spacial score (nSPS) is 12.5. The van der Waals surface area contributed by atoms with Gasteiger partial charge in [-0.3, -0.25) is 4.79 Å². The number of aryl methyl sites for hydroxylation is 1. The van der Waals surface area contributed by atoms with E-state index in [4.69, 9.17) is 0 Å². The highest BCUT2D eigenvalue weighted by Gasteiger charge is 2.18. The number of fused-ring (bicyclic) bond motifs is 1. The Labute approximate surface area is 131 Å². The predicted octanol–water partition coefficient (Wildman–Crippen LogP) is 5.15. The van der Waals surface area contributed by atoms with Gasteiger partial charge in [-0.25, -0.2) is 0 Å². The van der Waals surface area contributed by atoms with Gasteiger partial charge in [-0.15, -0.1) is 0 Å². The molecule has 0 aliphatic heterocycles. The van der Waals surface area contributed by atoms with Gasteiger partial charge in [-0.2, -0.15) is 0 Å². The maximum Gasteiger partial charge on any atom is 0.195 e. The summed E-state index contributed by atoms with van der Waals surface area (Å²) in [4.78, 5) is 12.9. The number of nitrogens with zero attached hydrogens (tertiary/aromatic N) is 1. The van der Waals surface area contributed by atoms with Gasteiger partial charge in [0.2, 0.25) is 0 Å². The van der Waals surface area contributed by atoms with Crippen molar-refractivity contribution in [2.24, 2.45) is 0 Å². The average molecular weight is 291 g/mol. The highest BCUT2D eigenvalue weighted by molar-refractivity contribution is 6.16. The molecule has 22 heavy (non-hydrogen) atoms. The molecule has 2 nitrogen and oxygen atoms in total. The van der Waals surface area contributed by atoms with Crippen LogP contribution in [0.3, 0.4) is 0 Å². The zero-order valence-corrected chi connectivity index (χ0v) is 13.3. The van der Waals surface area contributed by atoms with E-state index < -0.39 is 0 Å². The van der Waals surface area contributed by atoms with Crippen molar-refractivity contribution < 1.29 is 4.79 Å². The first-order valence-corrected chi connectivity index (χ1v) is 7.82. The Morgan fingerprint density at radius 3 is 2.64 bits per heavy atom. The predicted molar refractivity (Wildman–Crippen MR) is 91.6 cm³/mol. The van der Waals surface area contributed by atoms with Gasteiger partial charge >= 0.3 is 0 Å². The molecule has 2 aromatic carbocycles. The summed E-state index contributed by atoms with van der Waals surface area (Å²) in [6.07, 6.45) is 3.06. The smallest absolute Gasteiger partial charge is 0.195 e. The minimum atomic E-state index is 0.0990. The van der Waals surface area contributed by atoms with Crippen LogP contribution in [-0.4, -0.2) is 10.4 Å². The minimum absolute atomic E-state index is 0.0990. The summed E-state index contributed by atoms with van der Waals surface area (Å²) in [6, 6.07) is 16.3. The molecule has 0 aliphatic rings. The maximum absolute atomic E-state index is 12.9. The number of hydrogen-bond donors (Lipinski definition) is 0. The van der Waals surface area contributed by atoms with Crippen molar-refractivity contribution in [3.63, 3.8) is 0 Å². The zero-order chi connectivity index (χ0) is 15.7. The van der Waals surface area contributed by atoms with E-state index in [0.29, 0.717) is 6.04 Å². The molecule has 0 saturated carbocycles. The summed E-state index contributed by atoms with van der Waals surface area (Å²) in [5.41, 5.74) is 3.79. The van der Waals surface area contributed by atoms with Crippen molar-refractivity contribution in [2.75, 3.05) is 0 Å². The summed E-state index contributed by atoms with van der Waals surface area (Å²) in [6.45, 7) is 6.37. The topological polar surface area (TPSA) is 22.0 Å². The summed E-state index contributed by atoms with van der Waals surface area (Å²) >= 11 is 0. The molecule has 0 N–H and O–H groups in total. The van der Waals surface area contributed by atoms with Gasteiger partial charge in [0.05, 0.1) is 0 Å². The Bertz CT molecular complexity index is 829. The quantitative estimate of drug-likeness (QED) is 0.609. The number of ketones is 1. The lowest BCUT2D eigenvalue weighted by Crippen LogP contribution is -2.03. The molecule has 1 unspecified atom stereocenters. The highest BCUT2D eigenvalue weighted by atomic mass is 16.1. The summed E-state index contributed by atoms with van der Waals surface area (Å²) in [5, 5.41) is 1.04. The van der Waals surface area contributed by atoms with Crippen LogP contribution in [0.1, 0.15) is 47.8 Å². The van der Waals surface area contributed by atoms with Crippen LogP contribution in [-0.2, 0) is 0 Å². The lowest BCUT2D eigenvalue weighted by atomic mass is 10.0. The Kier molecular flexibility index (Phi) is 3.84. The monoisotopic (exact) mass is 291 g/mol. The molecule has 1 heterocycles. The van der Waals surface area contributed by atoms with Crippen molar-refractivity contribution in [2.45, 2.75) is 33.2 Å². The molecular weight excluding hydrogens is 270 g/mol. The van der Waals surface area contributed by atoms with E-state index in [0.717, 1.165) is 34.0 Å². The minimum Gasteiger partial charge on any atom is -0.344 e. The standard InChI is InChI=1S/C20H21NO/c1-4-15(3)21-13-18(17-10-5-6-11-19(17)21)20(22)16-9-7-8-14(2)12-16/h5-13,15H,4H2,1-3H3. The van der Waals surface area contributed by atoms with E-state index in [-0.39, 0.29) is 5.78 Å². The van der Waals surface area contributed by atoms with Crippen LogP contribution >= 0.6 is 0 Å². The largest absolute Gasteiger partial charge is 0.344 e. The first-order valence-electron chi connectivity index (χ1n) is 7.82. The van der Waals surface area contributed by atoms with Crippen molar-refractivity contribution in [1.29, 1.82) is 0 Å². The van der Waals surface area contributed by atoms with E-state index in [1.165, 1.54) is 0 Å². The first kappa shape index (κ1) is 14.6. The molecule has 0 fully saturated rings. The first-order chi connectivity index (χ1) is 10.6. The van der Waals surface area contributed by atoms with Crippen molar-refractivity contribution in [1.82, 2.24) is 4.57 Å². The third-order valence-corrected chi connectivity index (χ3v) is 4.33. The van der Waals surface area contributed by atoms with Gasteiger partial charge in [-0.05, 0) is 32.4 Å². The molecule has 2 heteroatoms. The van der Waals surface area contributed by atoms with Crippen molar-refractivity contribution in [3.8, 4) is 0 Å². The Morgan fingerprint density at radius 1 is 1.14 bits per heavy atom. The molecular formula is C20H21NO. The van der Waals surface area contributed by atoms with E-state index in [9.17, 15) is 4.79 Å². The maximum atomic E-state index is 12.9. The fraction of sp³-hybridized carbons (Fsp3) is 0.250. The zero-order valence-electron chi connectivity index (χ0n) is 13.3. The second-order valence-corrected chi connectivity index (χ2v) is 5.92. The van der Waals surface area contributed by atoms with Crippen LogP contribution in [0.4, 0.5) is 0 Å². The third kappa shape index (κ3) is 2.45. The van der Waals surface area contributed by atoms with Crippen LogP contribution < -0.4 is 0 Å². The number of carbonyl (C=O) groups excluding carboxylic acids is 1. The number of benzene rings is 2. The molecule has 0 amide bonds. The SMILES string of the molecule is CCC(C)n1cc(C(=O)c2cccc(C)c2)c2ccccc21. The fourth-order valence-electron chi connectivity index (χ4n) is 2.89. The molecule has 1 atom stereocenters. The van der Waals surface area contributed by atoms with E-state index in [2.05, 4.69) is 24.5 Å². The second kappa shape index (κ2) is 5.80. The molecule has 0 radical (unpaired) electrons. The molecule has 1 aromatic heterocycles. The van der Waals surface area contributed by atoms with Gasteiger partial charge in [-0.1, -0.05) is 48.9 Å². The molecule has 0 saturated heterocycles. The number of carbonyl (C=O) groups is 1. The Balaban J connectivity index is 2.17. The molecule has 0 spiro atoms. The van der Waals surface area contributed by atoms with E-state index in [1.807, 2.05) is 55.6 Å². The lowest BCUT2D eigenvalue weighted by Gasteiger charge is -2.12. The van der Waals surface area contributed by atoms with Gasteiger partial charge in [0, 0.05) is 34.3 Å². The number of para-hydroxylation sites is 1. The Morgan fingerprint density at radius 2 is 1.91 bits per heavy atom. The highest BCUT2D eigenvalue weighted by Crippen LogP contribution is 2.27.